The van der Waals surface area contributed by atoms with Gasteiger partial charge in [-0.05, 0) is 13.8 Å². The normalized spacial score (nSPS) is 9.16. The molecule has 0 atom stereocenters. The lowest BCUT2D eigenvalue weighted by Crippen LogP contribution is -2.09. The molecular weight excluding hydrogens is 256 g/mol. The highest BCUT2D eigenvalue weighted by atomic mass is 16.5. The van der Waals surface area contributed by atoms with Crippen molar-refractivity contribution >= 4 is 0 Å². The van der Waals surface area contributed by atoms with Gasteiger partial charge in [0, 0.05) is 13.2 Å². The molecule has 0 aromatic carbocycles. The minimum absolute atomic E-state index is 0.0417. The van der Waals surface area contributed by atoms with Crippen LogP contribution in [0, 0.1) is 0 Å². The molecule has 0 rings (SSSR count). The van der Waals surface area contributed by atoms with Gasteiger partial charge in [-0.1, -0.05) is 0 Å². The van der Waals surface area contributed by atoms with E-state index in [1.165, 1.54) is 0 Å². The second-order valence-electron chi connectivity index (χ2n) is 2.90. The summed E-state index contributed by atoms with van der Waals surface area (Å²) in [7, 11) is 0. The zero-order chi connectivity index (χ0) is 15.2. The van der Waals surface area contributed by atoms with Crippen LogP contribution in [0.2, 0.25) is 0 Å². The zero-order valence-corrected chi connectivity index (χ0v) is 12.1. The summed E-state index contributed by atoms with van der Waals surface area (Å²) in [6, 6.07) is 0. The average Bonchev–Trinajstić information content (AvgIpc) is 2.45. The van der Waals surface area contributed by atoms with Crippen LogP contribution in [0.3, 0.4) is 0 Å². The molecule has 0 radical (unpaired) electrons. The van der Waals surface area contributed by atoms with Gasteiger partial charge in [0.1, 0.15) is 0 Å². The molecule has 0 heterocycles. The Bertz CT molecular complexity index is 102. The highest BCUT2D eigenvalue weighted by Crippen LogP contribution is 1.76. The topological polar surface area (TPSA) is 109 Å². The van der Waals surface area contributed by atoms with Gasteiger partial charge in [-0.3, -0.25) is 0 Å². The van der Waals surface area contributed by atoms with E-state index in [2.05, 4.69) is 0 Å². The Morgan fingerprint density at radius 1 is 0.526 bits per heavy atom. The predicted octanol–water partition coefficient (Wildman–Crippen LogP) is -0.982. The number of hydrogen-bond acceptors (Lipinski definition) is 7. The number of hydrogen-bond donors (Lipinski definition) is 4. The highest BCUT2D eigenvalue weighted by molar-refractivity contribution is 4.30. The highest BCUT2D eigenvalue weighted by Gasteiger charge is 1.86. The van der Waals surface area contributed by atoms with E-state index in [0.717, 1.165) is 13.2 Å². The molecule has 0 aromatic heterocycles. The summed E-state index contributed by atoms with van der Waals surface area (Å²) in [6.07, 6.45) is 0. The van der Waals surface area contributed by atoms with Crippen molar-refractivity contribution in [3.63, 3.8) is 0 Å². The molecule has 0 fully saturated rings. The SMILES string of the molecule is CCOCC.OCCO.OCCOCCOCCO. The minimum Gasteiger partial charge on any atom is -0.394 e. The molecule has 120 valence electrons. The van der Waals surface area contributed by atoms with Crippen molar-refractivity contribution in [2.45, 2.75) is 13.8 Å². The van der Waals surface area contributed by atoms with Crippen molar-refractivity contribution in [3.8, 4) is 0 Å². The molecule has 0 bridgehead atoms. The first-order valence-corrected chi connectivity index (χ1v) is 6.41. The molecule has 0 aliphatic rings. The van der Waals surface area contributed by atoms with E-state index < -0.39 is 0 Å². The summed E-state index contributed by atoms with van der Waals surface area (Å²) in [5.41, 5.74) is 0. The third-order valence-electron chi connectivity index (χ3n) is 1.35. The van der Waals surface area contributed by atoms with Gasteiger partial charge in [0.05, 0.1) is 52.9 Å². The quantitative estimate of drug-likeness (QED) is 0.382. The van der Waals surface area contributed by atoms with Crippen molar-refractivity contribution in [1.82, 2.24) is 0 Å². The number of rotatable bonds is 10. The summed E-state index contributed by atoms with van der Waals surface area (Å²) < 4.78 is 14.6. The minimum atomic E-state index is -0.125. The Morgan fingerprint density at radius 2 is 0.895 bits per heavy atom. The van der Waals surface area contributed by atoms with Gasteiger partial charge in [0.2, 0.25) is 0 Å². The van der Waals surface area contributed by atoms with Crippen LogP contribution in [-0.2, 0) is 14.2 Å². The van der Waals surface area contributed by atoms with E-state index in [1.54, 1.807) is 0 Å². The lowest BCUT2D eigenvalue weighted by Gasteiger charge is -2.01. The van der Waals surface area contributed by atoms with Crippen LogP contribution in [0.15, 0.2) is 0 Å². The third kappa shape index (κ3) is 46.3. The van der Waals surface area contributed by atoms with E-state index in [4.69, 9.17) is 34.6 Å². The second kappa shape index (κ2) is 30.6. The largest absolute Gasteiger partial charge is 0.394 e. The molecule has 0 aromatic rings. The molecule has 0 amide bonds. The van der Waals surface area contributed by atoms with Crippen molar-refractivity contribution in [2.75, 3.05) is 66.1 Å². The van der Waals surface area contributed by atoms with Crippen LogP contribution >= 0.6 is 0 Å². The number of aliphatic hydroxyl groups is 4. The molecule has 19 heavy (non-hydrogen) atoms. The van der Waals surface area contributed by atoms with Gasteiger partial charge in [-0.2, -0.15) is 0 Å². The Kier molecular flexibility index (Phi) is 38.3. The average molecular weight is 286 g/mol. The molecule has 0 saturated heterocycles. The van der Waals surface area contributed by atoms with E-state index in [0.29, 0.717) is 26.4 Å². The van der Waals surface area contributed by atoms with Crippen LogP contribution < -0.4 is 0 Å². The molecule has 0 spiro atoms. The predicted molar refractivity (Wildman–Crippen MR) is 72.1 cm³/mol. The summed E-state index contributed by atoms with van der Waals surface area (Å²) in [4.78, 5) is 0. The standard InChI is InChI=1S/C6H14O4.C4H10O.C2H6O2/c7-1-3-9-5-6-10-4-2-8;1-3-5-4-2;3-1-2-4/h7-8H,1-6H2;3-4H2,1-2H3;3-4H,1-2H2. The van der Waals surface area contributed by atoms with E-state index in [9.17, 15) is 0 Å². The van der Waals surface area contributed by atoms with Crippen LogP contribution in [0.4, 0.5) is 0 Å². The molecule has 0 unspecified atom stereocenters. The van der Waals surface area contributed by atoms with Crippen LogP contribution in [0.5, 0.6) is 0 Å². The number of ether oxygens (including phenoxy) is 3. The lowest BCUT2D eigenvalue weighted by molar-refractivity contribution is 0.0222. The fourth-order valence-electron chi connectivity index (χ4n) is 0.655. The smallest absolute Gasteiger partial charge is 0.0701 e. The Balaban J connectivity index is -0.000000238. The molecule has 7 nitrogen and oxygen atoms in total. The molecule has 4 N–H and O–H groups in total. The van der Waals surface area contributed by atoms with Gasteiger partial charge in [-0.15, -0.1) is 0 Å². The van der Waals surface area contributed by atoms with Crippen molar-refractivity contribution in [3.05, 3.63) is 0 Å². The molecule has 0 saturated carbocycles. The van der Waals surface area contributed by atoms with E-state index in [-0.39, 0.29) is 26.4 Å². The fraction of sp³-hybridized carbons (Fsp3) is 1.00. The third-order valence-corrected chi connectivity index (χ3v) is 1.35. The van der Waals surface area contributed by atoms with Gasteiger partial charge in [0.25, 0.3) is 0 Å². The zero-order valence-electron chi connectivity index (χ0n) is 12.1. The second-order valence-corrected chi connectivity index (χ2v) is 2.90. The van der Waals surface area contributed by atoms with Crippen molar-refractivity contribution < 1.29 is 34.6 Å². The first-order valence-electron chi connectivity index (χ1n) is 6.41. The maximum atomic E-state index is 8.26. The number of aliphatic hydroxyl groups excluding tert-OH is 4. The Morgan fingerprint density at radius 3 is 1.05 bits per heavy atom. The summed E-state index contributed by atoms with van der Waals surface area (Å²) in [5, 5.41) is 31.8. The Labute approximate surface area is 115 Å². The van der Waals surface area contributed by atoms with Gasteiger partial charge in [0.15, 0.2) is 0 Å². The molecular formula is C12H30O7. The van der Waals surface area contributed by atoms with Crippen LogP contribution in [0.1, 0.15) is 13.8 Å². The Hall–Kier alpha value is -0.280. The van der Waals surface area contributed by atoms with Crippen molar-refractivity contribution in [1.29, 1.82) is 0 Å². The lowest BCUT2D eigenvalue weighted by atomic mass is 10.7. The summed E-state index contributed by atoms with van der Waals surface area (Å²) in [6.45, 7) is 7.14. The van der Waals surface area contributed by atoms with Crippen LogP contribution in [-0.4, -0.2) is 86.5 Å². The van der Waals surface area contributed by atoms with Gasteiger partial charge < -0.3 is 34.6 Å². The maximum absolute atomic E-state index is 8.26. The van der Waals surface area contributed by atoms with Gasteiger partial charge in [-0.25, -0.2) is 0 Å². The fourth-order valence-corrected chi connectivity index (χ4v) is 0.655. The first kappa shape index (κ1) is 23.8. The maximum Gasteiger partial charge on any atom is 0.0701 e. The van der Waals surface area contributed by atoms with E-state index in [1.807, 2.05) is 13.8 Å². The monoisotopic (exact) mass is 286 g/mol. The van der Waals surface area contributed by atoms with Gasteiger partial charge >= 0.3 is 0 Å². The van der Waals surface area contributed by atoms with Crippen LogP contribution in [0.25, 0.3) is 0 Å². The van der Waals surface area contributed by atoms with E-state index >= 15 is 0 Å². The first-order chi connectivity index (χ1) is 9.24. The summed E-state index contributed by atoms with van der Waals surface area (Å²) >= 11 is 0. The molecule has 7 heteroatoms. The molecule has 0 aliphatic carbocycles. The molecule has 0 aliphatic heterocycles. The van der Waals surface area contributed by atoms with Crippen molar-refractivity contribution in [2.24, 2.45) is 0 Å². The summed E-state index contributed by atoms with van der Waals surface area (Å²) in [5.74, 6) is 0.